The number of ketones is 1. The Balaban J connectivity index is 1.71. The number of ether oxygens (including phenoxy) is 2. The Hall–Kier alpha value is -3.00. The number of rotatable bonds is 8. The molecule has 6 nitrogen and oxygen atoms in total. The highest BCUT2D eigenvalue weighted by Gasteiger charge is 2.44. The SMILES string of the molecule is COc1ccc(CCN2C(=O)C(O)=C(C(=O)c3cccs3)[C@H]2c2ccc(Cl)cc2Cl)cc1OC. The number of hydrogen-bond acceptors (Lipinski definition) is 6. The van der Waals surface area contributed by atoms with Crippen LogP contribution >= 0.6 is 34.5 Å². The summed E-state index contributed by atoms with van der Waals surface area (Å²) in [6, 6.07) is 12.9. The number of aliphatic hydroxyl groups excluding tert-OH is 1. The molecule has 1 amide bonds. The summed E-state index contributed by atoms with van der Waals surface area (Å²) in [5.41, 5.74) is 1.41. The zero-order valence-corrected chi connectivity index (χ0v) is 20.7. The molecule has 9 heteroatoms. The van der Waals surface area contributed by atoms with Crippen molar-refractivity contribution in [2.45, 2.75) is 12.5 Å². The van der Waals surface area contributed by atoms with Gasteiger partial charge in [-0.05, 0) is 53.3 Å². The number of halogens is 2. The van der Waals surface area contributed by atoms with Gasteiger partial charge >= 0.3 is 0 Å². The number of thiophene rings is 1. The highest BCUT2D eigenvalue weighted by molar-refractivity contribution is 7.12. The third-order valence-corrected chi connectivity index (χ3v) is 7.07. The third kappa shape index (κ3) is 4.51. The molecule has 0 spiro atoms. The highest BCUT2D eigenvalue weighted by Crippen LogP contribution is 2.42. The van der Waals surface area contributed by atoms with Gasteiger partial charge in [0.2, 0.25) is 5.78 Å². The van der Waals surface area contributed by atoms with Crippen molar-refractivity contribution in [2.24, 2.45) is 0 Å². The average molecular weight is 518 g/mol. The molecule has 1 aliphatic heterocycles. The molecule has 0 fully saturated rings. The van der Waals surface area contributed by atoms with Gasteiger partial charge in [0, 0.05) is 16.6 Å². The molecule has 1 atom stereocenters. The van der Waals surface area contributed by atoms with Crippen LogP contribution in [0.1, 0.15) is 26.8 Å². The standard InChI is InChI=1S/C25H21Cl2NO5S/c1-32-18-8-5-14(12-19(18)33-2)9-10-28-22(16-7-6-15(26)13-17(16)27)21(24(30)25(28)31)23(29)20-4-3-11-34-20/h3-8,11-13,22,30H,9-10H2,1-2H3/t22-/m1/s1. The van der Waals surface area contributed by atoms with Crippen molar-refractivity contribution < 1.29 is 24.2 Å². The fourth-order valence-corrected chi connectivity index (χ4v) is 5.18. The minimum atomic E-state index is -0.855. The largest absolute Gasteiger partial charge is 0.503 e. The molecule has 0 aliphatic carbocycles. The van der Waals surface area contributed by atoms with Gasteiger partial charge in [0.25, 0.3) is 5.91 Å². The number of hydrogen-bond donors (Lipinski definition) is 1. The summed E-state index contributed by atoms with van der Waals surface area (Å²) < 4.78 is 10.6. The first-order valence-electron chi connectivity index (χ1n) is 10.3. The lowest BCUT2D eigenvalue weighted by Gasteiger charge is -2.27. The maximum Gasteiger partial charge on any atom is 0.290 e. The van der Waals surface area contributed by atoms with Crippen LogP contribution in [0, 0.1) is 0 Å². The fraction of sp³-hybridized carbons (Fsp3) is 0.200. The summed E-state index contributed by atoms with van der Waals surface area (Å²) in [4.78, 5) is 28.3. The molecular formula is C25H21Cl2NO5S. The number of nitrogens with zero attached hydrogens (tertiary/aromatic N) is 1. The van der Waals surface area contributed by atoms with Crippen LogP contribution in [0.4, 0.5) is 0 Å². The number of Topliss-reactive ketones (excluding diaryl/α,β-unsaturated/α-hetero) is 1. The Morgan fingerprint density at radius 3 is 2.50 bits per heavy atom. The molecule has 0 bridgehead atoms. The van der Waals surface area contributed by atoms with Gasteiger partial charge in [-0.2, -0.15) is 0 Å². The van der Waals surface area contributed by atoms with Crippen LogP contribution in [0.2, 0.25) is 10.0 Å². The van der Waals surface area contributed by atoms with E-state index in [1.54, 1.807) is 56.0 Å². The topological polar surface area (TPSA) is 76.1 Å². The molecular weight excluding hydrogens is 497 g/mol. The lowest BCUT2D eigenvalue weighted by Crippen LogP contribution is -2.33. The normalized spacial score (nSPS) is 15.7. The van der Waals surface area contributed by atoms with E-state index < -0.39 is 23.5 Å². The van der Waals surface area contributed by atoms with E-state index in [0.717, 1.165) is 5.56 Å². The average Bonchev–Trinajstić information content (AvgIpc) is 3.45. The Kier molecular flexibility index (Phi) is 7.16. The monoisotopic (exact) mass is 517 g/mol. The molecule has 1 aliphatic rings. The quantitative estimate of drug-likeness (QED) is 0.376. The first-order valence-corrected chi connectivity index (χ1v) is 12.0. The van der Waals surface area contributed by atoms with Gasteiger partial charge in [-0.3, -0.25) is 9.59 Å². The second-order valence-electron chi connectivity index (χ2n) is 7.57. The summed E-state index contributed by atoms with van der Waals surface area (Å²) in [5, 5.41) is 13.3. The lowest BCUT2D eigenvalue weighted by molar-refractivity contribution is -0.129. The zero-order valence-electron chi connectivity index (χ0n) is 18.4. The van der Waals surface area contributed by atoms with Gasteiger partial charge < -0.3 is 19.5 Å². The molecule has 34 heavy (non-hydrogen) atoms. The van der Waals surface area contributed by atoms with E-state index in [1.165, 1.54) is 16.2 Å². The van der Waals surface area contributed by atoms with Gasteiger partial charge in [-0.25, -0.2) is 0 Å². The van der Waals surface area contributed by atoms with Crippen LogP contribution in [0.5, 0.6) is 11.5 Å². The van der Waals surface area contributed by atoms with Crippen molar-refractivity contribution in [1.82, 2.24) is 4.90 Å². The molecule has 0 saturated heterocycles. The van der Waals surface area contributed by atoms with Gasteiger partial charge in [0.1, 0.15) is 0 Å². The van der Waals surface area contributed by atoms with Crippen LogP contribution in [-0.4, -0.2) is 42.5 Å². The van der Waals surface area contributed by atoms with Crippen molar-refractivity contribution in [2.75, 3.05) is 20.8 Å². The molecule has 2 aromatic carbocycles. The summed E-state index contributed by atoms with van der Waals surface area (Å²) in [5.74, 6) is -0.444. The molecule has 2 heterocycles. The number of benzene rings is 2. The summed E-state index contributed by atoms with van der Waals surface area (Å²) in [6.07, 6.45) is 0.446. The maximum absolute atomic E-state index is 13.3. The van der Waals surface area contributed by atoms with E-state index in [-0.39, 0.29) is 12.1 Å². The van der Waals surface area contributed by atoms with Crippen molar-refractivity contribution >= 4 is 46.2 Å². The molecule has 3 aromatic rings. The first kappa shape index (κ1) is 24.1. The smallest absolute Gasteiger partial charge is 0.290 e. The van der Waals surface area contributed by atoms with Crippen molar-refractivity contribution in [3.05, 3.63) is 91.3 Å². The summed E-state index contributed by atoms with van der Waals surface area (Å²) >= 11 is 13.8. The maximum atomic E-state index is 13.3. The van der Waals surface area contributed by atoms with Crippen LogP contribution in [0.15, 0.2) is 65.2 Å². The van der Waals surface area contributed by atoms with E-state index in [9.17, 15) is 14.7 Å². The first-order chi connectivity index (χ1) is 16.3. The van der Waals surface area contributed by atoms with Gasteiger partial charge in [0.05, 0.1) is 30.7 Å². The van der Waals surface area contributed by atoms with Crippen molar-refractivity contribution in [3.63, 3.8) is 0 Å². The number of amides is 1. The molecule has 0 radical (unpaired) electrons. The molecule has 1 aromatic heterocycles. The second kappa shape index (κ2) is 10.1. The second-order valence-corrected chi connectivity index (χ2v) is 9.37. The number of methoxy groups -OCH3 is 2. The number of aliphatic hydroxyl groups is 1. The van der Waals surface area contributed by atoms with Gasteiger partial charge in [-0.1, -0.05) is 41.4 Å². The zero-order chi connectivity index (χ0) is 24.4. The number of carbonyl (C=O) groups is 2. The van der Waals surface area contributed by atoms with Crippen molar-refractivity contribution in [1.29, 1.82) is 0 Å². The molecule has 1 N–H and O–H groups in total. The van der Waals surface area contributed by atoms with E-state index in [4.69, 9.17) is 32.7 Å². The van der Waals surface area contributed by atoms with Crippen LogP contribution in [0.3, 0.4) is 0 Å². The van der Waals surface area contributed by atoms with E-state index >= 15 is 0 Å². The van der Waals surface area contributed by atoms with Crippen molar-refractivity contribution in [3.8, 4) is 11.5 Å². The Morgan fingerprint density at radius 2 is 1.85 bits per heavy atom. The third-order valence-electron chi connectivity index (χ3n) is 5.64. The van der Waals surface area contributed by atoms with Gasteiger partial charge in [-0.15, -0.1) is 11.3 Å². The summed E-state index contributed by atoms with van der Waals surface area (Å²) in [7, 11) is 3.11. The molecule has 176 valence electrons. The van der Waals surface area contributed by atoms with E-state index in [1.807, 2.05) is 12.1 Å². The van der Waals surface area contributed by atoms with E-state index in [0.29, 0.717) is 38.4 Å². The number of carbonyl (C=O) groups excluding carboxylic acids is 2. The predicted octanol–water partition coefficient (Wildman–Crippen LogP) is 5.89. The molecule has 4 rings (SSSR count). The minimum Gasteiger partial charge on any atom is -0.503 e. The highest BCUT2D eigenvalue weighted by atomic mass is 35.5. The Labute approximate surface area is 210 Å². The fourth-order valence-electron chi connectivity index (χ4n) is 3.99. The van der Waals surface area contributed by atoms with Gasteiger partial charge in [0.15, 0.2) is 17.3 Å². The van der Waals surface area contributed by atoms with Crippen LogP contribution < -0.4 is 9.47 Å². The molecule has 0 saturated carbocycles. The predicted molar refractivity (Wildman–Crippen MR) is 132 cm³/mol. The summed E-state index contributed by atoms with van der Waals surface area (Å²) in [6.45, 7) is 0.225. The Morgan fingerprint density at radius 1 is 1.09 bits per heavy atom. The van der Waals surface area contributed by atoms with E-state index in [2.05, 4.69) is 0 Å². The lowest BCUT2D eigenvalue weighted by atomic mass is 9.95. The van der Waals surface area contributed by atoms with Crippen LogP contribution in [-0.2, 0) is 11.2 Å². The Bertz CT molecular complexity index is 1270. The van der Waals surface area contributed by atoms with Crippen LogP contribution in [0.25, 0.3) is 0 Å². The minimum absolute atomic E-state index is 0.00369. The molecule has 0 unspecified atom stereocenters.